The number of anilines is 1. The van der Waals surface area contributed by atoms with E-state index in [1.807, 2.05) is 38.3 Å². The smallest absolute Gasteiger partial charge is 0.410 e. The molecule has 1 fully saturated rings. The maximum atomic E-state index is 12.5. The number of methoxy groups -OCH3 is 2. The minimum atomic E-state index is -0.589. The zero-order chi connectivity index (χ0) is 29.0. The van der Waals surface area contributed by atoms with Crippen molar-refractivity contribution in [1.29, 1.82) is 0 Å². The number of fused-ring (bicyclic) bond motifs is 1. The number of rotatable bonds is 9. The Hall–Kier alpha value is -3.84. The lowest BCUT2D eigenvalue weighted by atomic mass is 10.2. The predicted octanol–water partition coefficient (Wildman–Crippen LogP) is 2.39. The van der Waals surface area contributed by atoms with Gasteiger partial charge in [-0.2, -0.15) is 0 Å². The van der Waals surface area contributed by atoms with E-state index in [1.165, 1.54) is 12.0 Å². The second-order valence-corrected chi connectivity index (χ2v) is 10.8. The molecule has 0 aliphatic carbocycles. The largest absolute Gasteiger partial charge is 0.468 e. The molecule has 1 aliphatic heterocycles. The number of nitrogens with one attached hydrogen (secondary N) is 2. The summed E-state index contributed by atoms with van der Waals surface area (Å²) in [7, 11) is 4.69. The number of carbonyl (C=O) groups is 2. The number of pyridine rings is 1. The Morgan fingerprint density at radius 1 is 1.20 bits per heavy atom. The SMILES string of the molecule is COC(=O)[C@@H]1C[C@H](Nc2nccc(-c3nccc4nc(C)n(C[C@H](CN(C)C(=O)OC(C)(C)C)OC)c34)n2)CN1. The Morgan fingerprint density at radius 2 is 1.95 bits per heavy atom. The first-order valence-corrected chi connectivity index (χ1v) is 13.2. The molecule has 0 bridgehead atoms. The molecule has 3 aromatic heterocycles. The molecule has 1 amide bonds. The molecule has 13 nitrogen and oxygen atoms in total. The highest BCUT2D eigenvalue weighted by Gasteiger charge is 2.30. The zero-order valence-electron chi connectivity index (χ0n) is 24.1. The predicted molar refractivity (Wildman–Crippen MR) is 149 cm³/mol. The number of likely N-dealkylation sites (N-methyl/N-ethyl adjacent to an activating group) is 1. The highest BCUT2D eigenvalue weighted by atomic mass is 16.6. The molecular formula is C27H38N8O5. The van der Waals surface area contributed by atoms with Crippen molar-refractivity contribution in [2.45, 2.75) is 64.4 Å². The van der Waals surface area contributed by atoms with E-state index < -0.39 is 11.7 Å². The first-order chi connectivity index (χ1) is 19.0. The number of hydrogen-bond donors (Lipinski definition) is 2. The summed E-state index contributed by atoms with van der Waals surface area (Å²) in [5, 5.41) is 6.46. The third-order valence-electron chi connectivity index (χ3n) is 6.60. The molecule has 0 saturated carbocycles. The number of ether oxygens (including phenoxy) is 3. The van der Waals surface area contributed by atoms with E-state index in [9.17, 15) is 9.59 Å². The minimum Gasteiger partial charge on any atom is -0.468 e. The lowest BCUT2D eigenvalue weighted by Crippen LogP contribution is -2.40. The molecule has 2 N–H and O–H groups in total. The van der Waals surface area contributed by atoms with Gasteiger partial charge in [0.1, 0.15) is 23.2 Å². The van der Waals surface area contributed by atoms with E-state index in [0.29, 0.717) is 43.4 Å². The quantitative estimate of drug-likeness (QED) is 0.376. The summed E-state index contributed by atoms with van der Waals surface area (Å²) in [5.41, 5.74) is 2.26. The molecule has 13 heteroatoms. The average Bonchev–Trinajstić information content (AvgIpc) is 3.50. The summed E-state index contributed by atoms with van der Waals surface area (Å²) < 4.78 is 18.1. The zero-order valence-corrected chi connectivity index (χ0v) is 24.1. The van der Waals surface area contributed by atoms with Crippen molar-refractivity contribution in [3.63, 3.8) is 0 Å². The normalized spacial score (nSPS) is 18.0. The van der Waals surface area contributed by atoms with E-state index >= 15 is 0 Å². The van der Waals surface area contributed by atoms with Crippen LogP contribution in [-0.2, 0) is 25.5 Å². The van der Waals surface area contributed by atoms with Gasteiger partial charge in [-0.15, -0.1) is 0 Å². The lowest BCUT2D eigenvalue weighted by molar-refractivity contribution is -0.142. The summed E-state index contributed by atoms with van der Waals surface area (Å²) in [5.74, 6) is 0.930. The van der Waals surface area contributed by atoms with Crippen LogP contribution < -0.4 is 10.6 Å². The van der Waals surface area contributed by atoms with Gasteiger partial charge < -0.3 is 34.3 Å². The highest BCUT2D eigenvalue weighted by Crippen LogP contribution is 2.27. The van der Waals surface area contributed by atoms with Gasteiger partial charge in [0.15, 0.2) is 0 Å². The number of amides is 1. The molecule has 0 unspecified atom stereocenters. The monoisotopic (exact) mass is 554 g/mol. The molecule has 0 radical (unpaired) electrons. The average molecular weight is 555 g/mol. The van der Waals surface area contributed by atoms with Gasteiger partial charge in [0.2, 0.25) is 5.95 Å². The summed E-state index contributed by atoms with van der Waals surface area (Å²) in [4.78, 5) is 44.4. The Morgan fingerprint density at radius 3 is 2.65 bits per heavy atom. The first kappa shape index (κ1) is 29.2. The van der Waals surface area contributed by atoms with Crippen molar-refractivity contribution in [3.05, 3.63) is 30.4 Å². The molecule has 4 heterocycles. The Kier molecular flexibility index (Phi) is 8.84. The van der Waals surface area contributed by atoms with Crippen molar-refractivity contribution in [2.24, 2.45) is 0 Å². The number of imidazole rings is 1. The van der Waals surface area contributed by atoms with Gasteiger partial charge in [0.25, 0.3) is 0 Å². The van der Waals surface area contributed by atoms with Crippen LogP contribution in [0.3, 0.4) is 0 Å². The molecule has 3 aromatic rings. The maximum Gasteiger partial charge on any atom is 0.410 e. The van der Waals surface area contributed by atoms with Crippen LogP contribution in [0.15, 0.2) is 24.5 Å². The third kappa shape index (κ3) is 6.83. The van der Waals surface area contributed by atoms with Crippen molar-refractivity contribution in [3.8, 4) is 11.4 Å². The van der Waals surface area contributed by atoms with Crippen LogP contribution in [0.5, 0.6) is 0 Å². The van der Waals surface area contributed by atoms with Crippen LogP contribution in [0.4, 0.5) is 10.7 Å². The molecule has 216 valence electrons. The number of hydrogen-bond acceptors (Lipinski definition) is 11. The number of carbonyl (C=O) groups excluding carboxylic acids is 2. The summed E-state index contributed by atoms with van der Waals surface area (Å²) in [6.45, 7) is 8.77. The van der Waals surface area contributed by atoms with Crippen molar-refractivity contribution < 1.29 is 23.8 Å². The Bertz CT molecular complexity index is 1350. The van der Waals surface area contributed by atoms with Gasteiger partial charge in [-0.1, -0.05) is 0 Å². The molecule has 40 heavy (non-hydrogen) atoms. The van der Waals surface area contributed by atoms with Gasteiger partial charge in [0, 0.05) is 39.1 Å². The summed E-state index contributed by atoms with van der Waals surface area (Å²) in [6, 6.07) is 3.27. The highest BCUT2D eigenvalue weighted by molar-refractivity contribution is 5.89. The summed E-state index contributed by atoms with van der Waals surface area (Å²) in [6.07, 6.45) is 3.20. The van der Waals surface area contributed by atoms with Gasteiger partial charge in [-0.3, -0.25) is 9.78 Å². The van der Waals surface area contributed by atoms with Gasteiger partial charge in [0.05, 0.1) is 43.0 Å². The van der Waals surface area contributed by atoms with Gasteiger partial charge in [-0.05, 0) is 46.2 Å². The topological polar surface area (TPSA) is 146 Å². The number of aromatic nitrogens is 5. The number of aryl methyl sites for hydroxylation is 1. The second-order valence-electron chi connectivity index (χ2n) is 10.8. The van der Waals surface area contributed by atoms with E-state index in [0.717, 1.165) is 16.9 Å². The molecule has 4 rings (SSSR count). The number of esters is 1. The second kappa shape index (κ2) is 12.1. The first-order valence-electron chi connectivity index (χ1n) is 13.2. The van der Waals surface area contributed by atoms with Gasteiger partial charge in [-0.25, -0.2) is 19.7 Å². The van der Waals surface area contributed by atoms with Crippen LogP contribution in [0.1, 0.15) is 33.0 Å². The van der Waals surface area contributed by atoms with Crippen LogP contribution in [0.25, 0.3) is 22.4 Å². The molecule has 3 atom stereocenters. The fourth-order valence-corrected chi connectivity index (χ4v) is 4.65. The van der Waals surface area contributed by atoms with Crippen molar-refractivity contribution in [1.82, 2.24) is 34.7 Å². The van der Waals surface area contributed by atoms with Crippen LogP contribution >= 0.6 is 0 Å². The van der Waals surface area contributed by atoms with Crippen LogP contribution in [0.2, 0.25) is 0 Å². The lowest BCUT2D eigenvalue weighted by Gasteiger charge is -2.27. The van der Waals surface area contributed by atoms with E-state index in [1.54, 1.807) is 32.6 Å². The van der Waals surface area contributed by atoms with Crippen molar-refractivity contribution >= 4 is 29.0 Å². The molecule has 1 saturated heterocycles. The van der Waals surface area contributed by atoms with E-state index in [-0.39, 0.29) is 24.2 Å². The molecule has 0 spiro atoms. The number of nitrogens with zero attached hydrogens (tertiary/aromatic N) is 6. The van der Waals surface area contributed by atoms with Crippen molar-refractivity contribution in [2.75, 3.05) is 39.7 Å². The molecule has 1 aliphatic rings. The third-order valence-corrected chi connectivity index (χ3v) is 6.60. The van der Waals surface area contributed by atoms with E-state index in [2.05, 4.69) is 20.6 Å². The van der Waals surface area contributed by atoms with Crippen LogP contribution in [-0.4, -0.2) is 99.6 Å². The standard InChI is InChI=1S/C27H38N8O5/c1-16-31-20-9-10-28-22(19-8-11-29-25(33-19)32-17-12-21(30-13-17)24(36)39-7)23(20)35(16)15-18(38-6)14-34(5)26(37)40-27(2,3)4/h8-11,17-18,21,30H,12-15H2,1-7H3,(H,29,32,33)/t17-,18-,21-/m0/s1. The van der Waals surface area contributed by atoms with E-state index in [4.69, 9.17) is 24.2 Å². The Labute approximate surface area is 233 Å². The Balaban J connectivity index is 1.57. The van der Waals surface area contributed by atoms with Crippen LogP contribution in [0, 0.1) is 6.92 Å². The minimum absolute atomic E-state index is 0.0275. The summed E-state index contributed by atoms with van der Waals surface area (Å²) >= 11 is 0. The van der Waals surface area contributed by atoms with Gasteiger partial charge >= 0.3 is 12.1 Å². The molecule has 0 aromatic carbocycles. The molecular weight excluding hydrogens is 516 g/mol. The maximum absolute atomic E-state index is 12.5. The fourth-order valence-electron chi connectivity index (χ4n) is 4.65. The fraction of sp³-hybridized carbons (Fsp3) is 0.556.